The van der Waals surface area contributed by atoms with Crippen molar-refractivity contribution in [2.24, 2.45) is 5.10 Å². The summed E-state index contributed by atoms with van der Waals surface area (Å²) in [5, 5.41) is 5.09. The van der Waals surface area contributed by atoms with Crippen LogP contribution in [0.25, 0.3) is 10.9 Å². The van der Waals surface area contributed by atoms with Crippen LogP contribution in [-0.2, 0) is 11.4 Å². The maximum atomic E-state index is 12.3. The number of rotatable bonds is 8. The summed E-state index contributed by atoms with van der Waals surface area (Å²) < 4.78 is 11.5. The van der Waals surface area contributed by atoms with Crippen LogP contribution < -0.4 is 14.9 Å². The molecule has 6 heteroatoms. The minimum atomic E-state index is -0.698. The number of amides is 1. The molecule has 0 fully saturated rings. The molecule has 4 aromatic rings. The van der Waals surface area contributed by atoms with Crippen molar-refractivity contribution >= 4 is 23.0 Å². The van der Waals surface area contributed by atoms with E-state index in [1.54, 1.807) is 25.3 Å². The summed E-state index contributed by atoms with van der Waals surface area (Å²) in [5.41, 5.74) is 5.54. The third-order valence-electron chi connectivity index (χ3n) is 4.75. The highest BCUT2D eigenvalue weighted by Gasteiger charge is 2.14. The summed E-state index contributed by atoms with van der Waals surface area (Å²) in [7, 11) is 0. The Hall–Kier alpha value is -4.06. The van der Waals surface area contributed by atoms with Gasteiger partial charge in [-0.05, 0) is 42.8 Å². The molecule has 0 aliphatic rings. The van der Waals surface area contributed by atoms with Crippen LogP contribution in [0.15, 0.2) is 90.2 Å². The van der Waals surface area contributed by atoms with E-state index >= 15 is 0 Å². The van der Waals surface area contributed by atoms with Crippen LogP contribution in [0, 0.1) is 0 Å². The Bertz CT molecular complexity index is 1170. The number of hydrogen-bond donors (Lipinski definition) is 2. The highest BCUT2D eigenvalue weighted by atomic mass is 16.5. The van der Waals surface area contributed by atoms with Gasteiger partial charge in [-0.25, -0.2) is 5.43 Å². The summed E-state index contributed by atoms with van der Waals surface area (Å²) in [6.07, 6.45) is 2.76. The molecule has 4 rings (SSSR count). The monoisotopic (exact) mass is 413 g/mol. The molecule has 1 heterocycles. The first-order chi connectivity index (χ1) is 15.2. The predicted molar refractivity (Wildman–Crippen MR) is 121 cm³/mol. The molecule has 6 nitrogen and oxygen atoms in total. The quantitative estimate of drug-likeness (QED) is 0.326. The highest BCUT2D eigenvalue weighted by molar-refractivity contribution is 5.99. The van der Waals surface area contributed by atoms with Gasteiger partial charge in [-0.1, -0.05) is 48.5 Å². The van der Waals surface area contributed by atoms with Crippen molar-refractivity contribution in [3.8, 4) is 11.5 Å². The SMILES string of the molecule is C[C@H](Oc1ccc(OCc2ccccc2)cc1)C(=O)N/N=C\c1c[nH]c2ccccc12. The molecular formula is C25H23N3O3. The van der Waals surface area contributed by atoms with E-state index in [9.17, 15) is 4.79 Å². The average Bonchev–Trinajstić information content (AvgIpc) is 3.22. The number of hydrogen-bond acceptors (Lipinski definition) is 4. The van der Waals surface area contributed by atoms with Crippen molar-refractivity contribution in [3.05, 3.63) is 96.2 Å². The van der Waals surface area contributed by atoms with Crippen molar-refractivity contribution in [1.82, 2.24) is 10.4 Å². The lowest BCUT2D eigenvalue weighted by molar-refractivity contribution is -0.127. The standard InChI is InChI=1S/C25H23N3O3/c1-18(25(29)28-27-16-20-15-26-24-10-6-5-9-23(20)24)31-22-13-11-21(12-14-22)30-17-19-7-3-2-4-8-19/h2-16,18,26H,17H2,1H3,(H,28,29)/b27-16-/t18-/m0/s1. The first kappa shape index (κ1) is 20.2. The third-order valence-corrected chi connectivity index (χ3v) is 4.75. The van der Waals surface area contributed by atoms with Crippen LogP contribution in [0.2, 0.25) is 0 Å². The average molecular weight is 413 g/mol. The fourth-order valence-electron chi connectivity index (χ4n) is 3.07. The molecule has 0 radical (unpaired) electrons. The number of aromatic amines is 1. The molecular weight excluding hydrogens is 390 g/mol. The van der Waals surface area contributed by atoms with Gasteiger partial charge in [0.25, 0.3) is 5.91 Å². The number of carbonyl (C=O) groups excluding carboxylic acids is 1. The summed E-state index contributed by atoms with van der Waals surface area (Å²) in [4.78, 5) is 15.4. The van der Waals surface area contributed by atoms with Crippen molar-refractivity contribution in [2.45, 2.75) is 19.6 Å². The van der Waals surface area contributed by atoms with E-state index in [2.05, 4.69) is 15.5 Å². The van der Waals surface area contributed by atoms with Crippen LogP contribution >= 0.6 is 0 Å². The molecule has 2 N–H and O–H groups in total. The minimum Gasteiger partial charge on any atom is -0.489 e. The Kier molecular flexibility index (Phi) is 6.28. The largest absolute Gasteiger partial charge is 0.489 e. The van der Waals surface area contributed by atoms with E-state index in [-0.39, 0.29) is 5.91 Å². The zero-order valence-electron chi connectivity index (χ0n) is 17.1. The van der Waals surface area contributed by atoms with Gasteiger partial charge in [0.1, 0.15) is 18.1 Å². The zero-order valence-corrected chi connectivity index (χ0v) is 17.1. The lowest BCUT2D eigenvalue weighted by atomic mass is 10.2. The summed E-state index contributed by atoms with van der Waals surface area (Å²) in [6, 6.07) is 25.0. The molecule has 0 saturated heterocycles. The van der Waals surface area contributed by atoms with Gasteiger partial charge in [-0.2, -0.15) is 5.10 Å². The Morgan fingerprint density at radius 1 is 1.00 bits per heavy atom. The number of aromatic nitrogens is 1. The second-order valence-corrected chi connectivity index (χ2v) is 7.03. The first-order valence-corrected chi connectivity index (χ1v) is 10.0. The van der Waals surface area contributed by atoms with E-state index in [0.29, 0.717) is 12.4 Å². The number of para-hydroxylation sites is 1. The fraction of sp³-hybridized carbons (Fsp3) is 0.120. The Labute approximate surface area is 180 Å². The van der Waals surface area contributed by atoms with Crippen molar-refractivity contribution in [2.75, 3.05) is 0 Å². The summed E-state index contributed by atoms with van der Waals surface area (Å²) >= 11 is 0. The van der Waals surface area contributed by atoms with Gasteiger partial charge in [0.15, 0.2) is 6.10 Å². The Morgan fingerprint density at radius 3 is 2.52 bits per heavy atom. The van der Waals surface area contributed by atoms with Crippen LogP contribution in [0.3, 0.4) is 0 Å². The van der Waals surface area contributed by atoms with E-state index in [4.69, 9.17) is 9.47 Å². The number of nitrogens with zero attached hydrogens (tertiary/aromatic N) is 1. The summed E-state index contributed by atoms with van der Waals surface area (Å²) in [5.74, 6) is 0.979. The van der Waals surface area contributed by atoms with E-state index < -0.39 is 6.10 Å². The van der Waals surface area contributed by atoms with E-state index in [0.717, 1.165) is 27.8 Å². The van der Waals surface area contributed by atoms with Crippen molar-refractivity contribution < 1.29 is 14.3 Å². The third kappa shape index (κ3) is 5.30. The summed E-state index contributed by atoms with van der Waals surface area (Å²) in [6.45, 7) is 2.17. The normalized spacial score (nSPS) is 12.0. The number of carbonyl (C=O) groups is 1. The minimum absolute atomic E-state index is 0.333. The van der Waals surface area contributed by atoms with Crippen LogP contribution in [0.1, 0.15) is 18.1 Å². The van der Waals surface area contributed by atoms with Gasteiger partial charge in [0, 0.05) is 22.7 Å². The van der Waals surface area contributed by atoms with Gasteiger partial charge >= 0.3 is 0 Å². The number of H-pyrrole nitrogens is 1. The number of hydrazone groups is 1. The lowest BCUT2D eigenvalue weighted by Crippen LogP contribution is -2.33. The van der Waals surface area contributed by atoms with Gasteiger partial charge in [-0.15, -0.1) is 0 Å². The number of nitrogens with one attached hydrogen (secondary N) is 2. The molecule has 1 aromatic heterocycles. The van der Waals surface area contributed by atoms with Crippen LogP contribution in [0.4, 0.5) is 0 Å². The molecule has 156 valence electrons. The molecule has 1 amide bonds. The predicted octanol–water partition coefficient (Wildman–Crippen LogP) is 4.66. The molecule has 0 saturated carbocycles. The Morgan fingerprint density at radius 2 is 1.71 bits per heavy atom. The molecule has 0 aliphatic heterocycles. The number of ether oxygens (including phenoxy) is 2. The van der Waals surface area contributed by atoms with Crippen LogP contribution in [0.5, 0.6) is 11.5 Å². The van der Waals surface area contributed by atoms with Crippen molar-refractivity contribution in [1.29, 1.82) is 0 Å². The Balaban J connectivity index is 1.27. The fourth-order valence-corrected chi connectivity index (χ4v) is 3.07. The maximum Gasteiger partial charge on any atom is 0.280 e. The lowest BCUT2D eigenvalue weighted by Gasteiger charge is -2.13. The van der Waals surface area contributed by atoms with Gasteiger partial charge in [0.2, 0.25) is 0 Å². The molecule has 3 aromatic carbocycles. The molecule has 0 aliphatic carbocycles. The van der Waals surface area contributed by atoms with E-state index in [1.165, 1.54) is 0 Å². The molecule has 0 unspecified atom stereocenters. The second-order valence-electron chi connectivity index (χ2n) is 7.03. The van der Waals surface area contributed by atoms with Crippen LogP contribution in [-0.4, -0.2) is 23.2 Å². The van der Waals surface area contributed by atoms with Gasteiger partial charge in [-0.3, -0.25) is 4.79 Å². The highest BCUT2D eigenvalue weighted by Crippen LogP contribution is 2.20. The topological polar surface area (TPSA) is 75.7 Å². The van der Waals surface area contributed by atoms with E-state index in [1.807, 2.05) is 72.9 Å². The second kappa shape index (κ2) is 9.63. The zero-order chi connectivity index (χ0) is 21.5. The molecule has 0 bridgehead atoms. The van der Waals surface area contributed by atoms with Gasteiger partial charge < -0.3 is 14.5 Å². The first-order valence-electron chi connectivity index (χ1n) is 10.0. The number of fused-ring (bicyclic) bond motifs is 1. The van der Waals surface area contributed by atoms with Gasteiger partial charge in [0.05, 0.1) is 6.21 Å². The number of benzene rings is 3. The molecule has 0 spiro atoms. The molecule has 1 atom stereocenters. The maximum absolute atomic E-state index is 12.3. The van der Waals surface area contributed by atoms with Crippen molar-refractivity contribution in [3.63, 3.8) is 0 Å². The molecule has 31 heavy (non-hydrogen) atoms. The smallest absolute Gasteiger partial charge is 0.280 e.